The summed E-state index contributed by atoms with van der Waals surface area (Å²) in [5.74, 6) is -0.155. The first-order valence-corrected chi connectivity index (χ1v) is 7.84. The summed E-state index contributed by atoms with van der Waals surface area (Å²) in [5, 5.41) is 2.74. The zero-order valence-electron chi connectivity index (χ0n) is 10.6. The maximum Gasteiger partial charge on any atom is 0.231 e. The topological polar surface area (TPSA) is 101 Å². The van der Waals surface area contributed by atoms with Crippen LogP contribution in [0.2, 0.25) is 0 Å². The number of para-hydroxylation sites is 2. The zero-order valence-corrected chi connectivity index (χ0v) is 11.5. The molecule has 1 aliphatic carbocycles. The molecule has 1 fully saturated rings. The summed E-state index contributed by atoms with van der Waals surface area (Å²) in [7, 11) is -3.39. The highest BCUT2D eigenvalue weighted by molar-refractivity contribution is 7.92. The van der Waals surface area contributed by atoms with Gasteiger partial charge in [0.15, 0.2) is 0 Å². The Balaban J connectivity index is 2.19. The van der Waals surface area contributed by atoms with Crippen LogP contribution in [0.15, 0.2) is 24.3 Å². The molecule has 1 aromatic carbocycles. The van der Waals surface area contributed by atoms with Crippen LogP contribution in [0.5, 0.6) is 0 Å². The fourth-order valence-corrected chi connectivity index (χ4v) is 2.39. The minimum atomic E-state index is -3.39. The van der Waals surface area contributed by atoms with Crippen LogP contribution in [0.25, 0.3) is 0 Å². The number of hydrogen-bond donors (Lipinski definition) is 3. The Labute approximate surface area is 112 Å². The van der Waals surface area contributed by atoms with E-state index in [0.29, 0.717) is 17.9 Å². The number of nitrogens with one attached hydrogen (secondary N) is 2. The molecule has 0 aliphatic heterocycles. The molecule has 7 heteroatoms. The monoisotopic (exact) mass is 283 g/mol. The van der Waals surface area contributed by atoms with Gasteiger partial charge in [0.25, 0.3) is 0 Å². The van der Waals surface area contributed by atoms with Gasteiger partial charge in [-0.25, -0.2) is 8.42 Å². The van der Waals surface area contributed by atoms with E-state index in [1.807, 2.05) is 0 Å². The summed E-state index contributed by atoms with van der Waals surface area (Å²) in [6.45, 7) is 0.306. The van der Waals surface area contributed by atoms with Gasteiger partial charge < -0.3 is 11.1 Å². The molecule has 4 N–H and O–H groups in total. The molecule has 6 nitrogen and oxygen atoms in total. The number of anilines is 2. The Hall–Kier alpha value is -1.60. The Morgan fingerprint density at radius 3 is 2.37 bits per heavy atom. The lowest BCUT2D eigenvalue weighted by molar-refractivity contribution is -0.120. The summed E-state index contributed by atoms with van der Waals surface area (Å²) in [4.78, 5) is 12.1. The predicted molar refractivity (Wildman–Crippen MR) is 74.3 cm³/mol. The molecule has 0 unspecified atom stereocenters. The third-order valence-corrected chi connectivity index (χ3v) is 3.79. The van der Waals surface area contributed by atoms with E-state index in [1.165, 1.54) is 0 Å². The summed E-state index contributed by atoms with van der Waals surface area (Å²) >= 11 is 0. The van der Waals surface area contributed by atoms with Crippen LogP contribution in [0, 0.1) is 5.41 Å². The van der Waals surface area contributed by atoms with E-state index >= 15 is 0 Å². The average Bonchev–Trinajstić information content (AvgIpc) is 3.10. The molecule has 1 aromatic rings. The van der Waals surface area contributed by atoms with Crippen molar-refractivity contribution in [1.29, 1.82) is 0 Å². The van der Waals surface area contributed by atoms with Crippen molar-refractivity contribution in [2.75, 3.05) is 22.8 Å². The van der Waals surface area contributed by atoms with Crippen LogP contribution in [0.1, 0.15) is 12.8 Å². The van der Waals surface area contributed by atoms with Crippen LogP contribution < -0.4 is 15.8 Å². The molecular formula is C12H17N3O3S. The fraction of sp³-hybridized carbons (Fsp3) is 0.417. The van der Waals surface area contributed by atoms with Gasteiger partial charge in [-0.15, -0.1) is 0 Å². The lowest BCUT2D eigenvalue weighted by atomic mass is 10.1. The number of carbonyl (C=O) groups excluding carboxylic acids is 1. The normalized spacial score (nSPS) is 16.7. The van der Waals surface area contributed by atoms with E-state index in [1.54, 1.807) is 24.3 Å². The van der Waals surface area contributed by atoms with E-state index in [0.717, 1.165) is 19.1 Å². The highest BCUT2D eigenvalue weighted by Gasteiger charge is 2.48. The van der Waals surface area contributed by atoms with Gasteiger partial charge in [-0.05, 0) is 25.0 Å². The van der Waals surface area contributed by atoms with Crippen LogP contribution in [-0.4, -0.2) is 27.1 Å². The van der Waals surface area contributed by atoms with Crippen molar-refractivity contribution in [3.63, 3.8) is 0 Å². The van der Waals surface area contributed by atoms with Crippen molar-refractivity contribution in [1.82, 2.24) is 0 Å². The summed E-state index contributed by atoms with van der Waals surface area (Å²) in [6, 6.07) is 6.67. The molecule has 19 heavy (non-hydrogen) atoms. The number of hydrogen-bond acceptors (Lipinski definition) is 4. The maximum absolute atomic E-state index is 12.1. The summed E-state index contributed by atoms with van der Waals surface area (Å²) in [6.07, 6.45) is 2.61. The van der Waals surface area contributed by atoms with E-state index in [2.05, 4.69) is 10.0 Å². The van der Waals surface area contributed by atoms with Gasteiger partial charge in [0.2, 0.25) is 15.9 Å². The van der Waals surface area contributed by atoms with Crippen molar-refractivity contribution >= 4 is 27.3 Å². The molecule has 0 heterocycles. The van der Waals surface area contributed by atoms with E-state index in [-0.39, 0.29) is 5.91 Å². The third-order valence-electron chi connectivity index (χ3n) is 3.20. The third kappa shape index (κ3) is 3.24. The molecular weight excluding hydrogens is 266 g/mol. The van der Waals surface area contributed by atoms with Crippen molar-refractivity contribution in [2.45, 2.75) is 12.8 Å². The Kier molecular flexibility index (Phi) is 3.51. The molecule has 1 saturated carbocycles. The van der Waals surface area contributed by atoms with Gasteiger partial charge in [0.1, 0.15) is 0 Å². The van der Waals surface area contributed by atoms with Crippen molar-refractivity contribution in [3.8, 4) is 0 Å². The van der Waals surface area contributed by atoms with Crippen molar-refractivity contribution < 1.29 is 13.2 Å². The summed E-state index contributed by atoms with van der Waals surface area (Å²) in [5.41, 5.74) is 5.91. The first kappa shape index (κ1) is 13.8. The van der Waals surface area contributed by atoms with Crippen LogP contribution in [0.3, 0.4) is 0 Å². The highest BCUT2D eigenvalue weighted by atomic mass is 32.2. The molecule has 0 saturated heterocycles. The number of carbonyl (C=O) groups is 1. The van der Waals surface area contributed by atoms with Crippen LogP contribution >= 0.6 is 0 Å². The van der Waals surface area contributed by atoms with Gasteiger partial charge >= 0.3 is 0 Å². The quantitative estimate of drug-likeness (QED) is 0.741. The smallest absolute Gasteiger partial charge is 0.231 e. The summed E-state index contributed by atoms with van der Waals surface area (Å²) < 4.78 is 24.9. The lowest BCUT2D eigenvalue weighted by Gasteiger charge is -2.15. The maximum atomic E-state index is 12.1. The number of amides is 1. The minimum Gasteiger partial charge on any atom is -0.329 e. The first-order valence-electron chi connectivity index (χ1n) is 5.95. The molecule has 0 radical (unpaired) electrons. The van der Waals surface area contributed by atoms with Gasteiger partial charge in [-0.2, -0.15) is 0 Å². The minimum absolute atomic E-state index is 0.155. The number of benzene rings is 1. The molecule has 2 rings (SSSR count). The first-order chi connectivity index (χ1) is 8.86. The average molecular weight is 283 g/mol. The number of nitrogens with two attached hydrogens (primary N) is 1. The number of sulfonamides is 1. The fourth-order valence-electron chi connectivity index (χ4n) is 1.81. The predicted octanol–water partition coefficient (Wildman–Crippen LogP) is 0.736. The molecule has 0 aromatic heterocycles. The second-order valence-corrected chi connectivity index (χ2v) is 6.61. The Morgan fingerprint density at radius 2 is 1.89 bits per heavy atom. The lowest BCUT2D eigenvalue weighted by Crippen LogP contribution is -2.31. The molecule has 0 bridgehead atoms. The second-order valence-electron chi connectivity index (χ2n) is 4.86. The van der Waals surface area contributed by atoms with E-state index in [9.17, 15) is 13.2 Å². The largest absolute Gasteiger partial charge is 0.329 e. The van der Waals surface area contributed by atoms with E-state index in [4.69, 9.17) is 5.73 Å². The van der Waals surface area contributed by atoms with Crippen LogP contribution in [-0.2, 0) is 14.8 Å². The van der Waals surface area contributed by atoms with Crippen LogP contribution in [0.4, 0.5) is 11.4 Å². The van der Waals surface area contributed by atoms with Gasteiger partial charge in [0.05, 0.1) is 23.0 Å². The van der Waals surface area contributed by atoms with Gasteiger partial charge in [0, 0.05) is 6.54 Å². The molecule has 0 atom stereocenters. The Bertz CT molecular complexity index is 594. The number of rotatable bonds is 5. The Morgan fingerprint density at radius 1 is 1.32 bits per heavy atom. The SMILES string of the molecule is CS(=O)(=O)Nc1ccccc1NC(=O)C1(CN)CC1. The van der Waals surface area contributed by atoms with E-state index < -0.39 is 15.4 Å². The standard InChI is InChI=1S/C12H17N3O3S/c1-19(17,18)15-10-5-3-2-4-9(10)14-11(16)12(8-13)6-7-12/h2-5,15H,6-8,13H2,1H3,(H,14,16). The molecule has 104 valence electrons. The highest BCUT2D eigenvalue weighted by Crippen LogP contribution is 2.45. The van der Waals surface area contributed by atoms with Gasteiger partial charge in [-0.1, -0.05) is 12.1 Å². The molecule has 1 aliphatic rings. The van der Waals surface area contributed by atoms with Crippen molar-refractivity contribution in [3.05, 3.63) is 24.3 Å². The molecule has 0 spiro atoms. The zero-order chi connectivity index (χ0) is 14.1. The second kappa shape index (κ2) is 4.82. The van der Waals surface area contributed by atoms with Crippen molar-refractivity contribution in [2.24, 2.45) is 11.1 Å². The molecule has 1 amide bonds. The van der Waals surface area contributed by atoms with Gasteiger partial charge in [-0.3, -0.25) is 9.52 Å².